The van der Waals surface area contributed by atoms with Crippen molar-refractivity contribution in [3.8, 4) is 0 Å². The Hall–Kier alpha value is -1.88. The number of anilines is 1. The molecular weight excluding hydrogens is 372 g/mol. The summed E-state index contributed by atoms with van der Waals surface area (Å²) in [6.07, 6.45) is 4.21. The van der Waals surface area contributed by atoms with E-state index in [1.165, 1.54) is 5.56 Å². The summed E-state index contributed by atoms with van der Waals surface area (Å²) in [4.78, 5) is 12.6. The number of carbonyl (C=O) groups is 1. The van der Waals surface area contributed by atoms with Crippen molar-refractivity contribution < 1.29 is 9.53 Å². The summed E-state index contributed by atoms with van der Waals surface area (Å²) in [6, 6.07) is 18.4. The van der Waals surface area contributed by atoms with E-state index in [9.17, 15) is 4.79 Å². The molecule has 28 heavy (non-hydrogen) atoms. The Kier molecular flexibility index (Phi) is 7.11. The predicted octanol–water partition coefficient (Wildman–Crippen LogP) is 4.20. The van der Waals surface area contributed by atoms with Gasteiger partial charge in [-0.15, -0.1) is 12.4 Å². The zero-order chi connectivity index (χ0) is 18.5. The number of carbonyl (C=O) groups excluding carboxylic acids is 1. The van der Waals surface area contributed by atoms with Crippen LogP contribution in [0.3, 0.4) is 0 Å². The minimum absolute atomic E-state index is 0. The second-order valence-electron chi connectivity index (χ2n) is 7.85. The first-order valence-electron chi connectivity index (χ1n) is 9.97. The SMILES string of the molecule is Cl.O=C(Nc1cccc(COCCc2ccccc2)c1)C1CC12CCNCC2. The molecule has 1 aliphatic carbocycles. The van der Waals surface area contributed by atoms with E-state index in [1.807, 2.05) is 30.3 Å². The zero-order valence-electron chi connectivity index (χ0n) is 16.2. The van der Waals surface area contributed by atoms with Crippen molar-refractivity contribution in [2.45, 2.75) is 32.3 Å². The highest BCUT2D eigenvalue weighted by Crippen LogP contribution is 2.58. The Labute approximate surface area is 173 Å². The van der Waals surface area contributed by atoms with Gasteiger partial charge in [0.15, 0.2) is 0 Å². The maximum Gasteiger partial charge on any atom is 0.228 e. The van der Waals surface area contributed by atoms with Crippen molar-refractivity contribution in [1.29, 1.82) is 0 Å². The van der Waals surface area contributed by atoms with Gasteiger partial charge in [0.05, 0.1) is 13.2 Å². The molecule has 4 rings (SSSR count). The summed E-state index contributed by atoms with van der Waals surface area (Å²) in [5, 5.41) is 6.50. The van der Waals surface area contributed by atoms with Gasteiger partial charge in [0.1, 0.15) is 0 Å². The van der Waals surface area contributed by atoms with Crippen molar-refractivity contribution in [3.05, 3.63) is 65.7 Å². The standard InChI is InChI=1S/C23H28N2O2.ClH/c26-22(21-16-23(21)10-12-24-13-11-23)25-20-8-4-7-19(15-20)17-27-14-9-18-5-2-1-3-6-18;/h1-8,15,21,24H,9-14,16-17H2,(H,25,26);1H. The molecule has 1 atom stereocenters. The highest BCUT2D eigenvalue weighted by Gasteiger charge is 2.57. The van der Waals surface area contributed by atoms with Crippen molar-refractivity contribution in [1.82, 2.24) is 5.32 Å². The molecule has 2 aromatic carbocycles. The van der Waals surface area contributed by atoms with Gasteiger partial charge in [-0.1, -0.05) is 42.5 Å². The first-order valence-corrected chi connectivity index (χ1v) is 9.97. The molecule has 1 saturated heterocycles. The summed E-state index contributed by atoms with van der Waals surface area (Å²) >= 11 is 0. The third-order valence-corrected chi connectivity index (χ3v) is 5.95. The number of nitrogens with one attached hydrogen (secondary N) is 2. The van der Waals surface area contributed by atoms with Gasteiger partial charge in [0.25, 0.3) is 0 Å². The number of rotatable bonds is 7. The van der Waals surface area contributed by atoms with Gasteiger partial charge in [-0.05, 0) is 67.4 Å². The fourth-order valence-corrected chi connectivity index (χ4v) is 4.19. The van der Waals surface area contributed by atoms with Crippen LogP contribution in [-0.4, -0.2) is 25.6 Å². The average Bonchev–Trinajstić information content (AvgIpc) is 3.40. The van der Waals surface area contributed by atoms with Crippen molar-refractivity contribution in [2.24, 2.45) is 11.3 Å². The third-order valence-electron chi connectivity index (χ3n) is 5.95. The second kappa shape index (κ2) is 9.55. The third kappa shape index (κ3) is 5.13. The number of benzene rings is 2. The molecule has 150 valence electrons. The molecule has 1 spiro atoms. The molecule has 4 nitrogen and oxygen atoms in total. The zero-order valence-corrected chi connectivity index (χ0v) is 17.0. The summed E-state index contributed by atoms with van der Waals surface area (Å²) in [5.74, 6) is 0.365. The number of halogens is 1. The number of hydrogen-bond acceptors (Lipinski definition) is 3. The van der Waals surface area contributed by atoms with E-state index in [0.29, 0.717) is 13.2 Å². The lowest BCUT2D eigenvalue weighted by Crippen LogP contribution is -2.31. The lowest BCUT2D eigenvalue weighted by molar-refractivity contribution is -0.118. The summed E-state index contributed by atoms with van der Waals surface area (Å²) in [5.41, 5.74) is 3.52. The van der Waals surface area contributed by atoms with Gasteiger partial charge in [0, 0.05) is 11.6 Å². The van der Waals surface area contributed by atoms with Crippen molar-refractivity contribution >= 4 is 24.0 Å². The maximum absolute atomic E-state index is 12.6. The monoisotopic (exact) mass is 400 g/mol. The maximum atomic E-state index is 12.6. The minimum Gasteiger partial charge on any atom is -0.376 e. The van der Waals surface area contributed by atoms with Gasteiger partial charge in [-0.25, -0.2) is 0 Å². The summed E-state index contributed by atoms with van der Waals surface area (Å²) in [6.45, 7) is 3.34. The number of amides is 1. The Morgan fingerprint density at radius 1 is 1.07 bits per heavy atom. The quantitative estimate of drug-likeness (QED) is 0.685. The van der Waals surface area contributed by atoms with Crippen LogP contribution in [0.25, 0.3) is 0 Å². The van der Waals surface area contributed by atoms with Crippen LogP contribution in [0.15, 0.2) is 54.6 Å². The van der Waals surface area contributed by atoms with E-state index >= 15 is 0 Å². The summed E-state index contributed by atoms with van der Waals surface area (Å²) in [7, 11) is 0. The predicted molar refractivity (Wildman–Crippen MR) is 115 cm³/mol. The van der Waals surface area contributed by atoms with Gasteiger partial charge >= 0.3 is 0 Å². The van der Waals surface area contributed by atoms with E-state index in [1.54, 1.807) is 0 Å². The lowest BCUT2D eigenvalue weighted by Gasteiger charge is -2.23. The molecular formula is C23H29ClN2O2. The van der Waals surface area contributed by atoms with E-state index in [0.717, 1.165) is 50.0 Å². The van der Waals surface area contributed by atoms with E-state index in [-0.39, 0.29) is 29.6 Å². The molecule has 5 heteroatoms. The first-order chi connectivity index (χ1) is 13.3. The largest absolute Gasteiger partial charge is 0.376 e. The smallest absolute Gasteiger partial charge is 0.228 e. The molecule has 1 amide bonds. The normalized spacial score (nSPS) is 19.6. The Balaban J connectivity index is 0.00000225. The summed E-state index contributed by atoms with van der Waals surface area (Å²) < 4.78 is 5.81. The fraction of sp³-hybridized carbons (Fsp3) is 0.435. The fourth-order valence-electron chi connectivity index (χ4n) is 4.19. The van der Waals surface area contributed by atoms with Crippen LogP contribution in [0, 0.1) is 11.3 Å². The first kappa shape index (κ1) is 20.8. The number of piperidine rings is 1. The molecule has 2 fully saturated rings. The minimum atomic E-state index is 0. The highest BCUT2D eigenvalue weighted by atomic mass is 35.5. The Morgan fingerprint density at radius 2 is 1.82 bits per heavy atom. The van der Waals surface area contributed by atoms with Crippen LogP contribution >= 0.6 is 12.4 Å². The molecule has 1 aliphatic heterocycles. The lowest BCUT2D eigenvalue weighted by atomic mass is 9.92. The number of ether oxygens (including phenoxy) is 1. The van der Waals surface area contributed by atoms with Crippen molar-refractivity contribution in [3.63, 3.8) is 0 Å². The average molecular weight is 401 g/mol. The van der Waals surface area contributed by atoms with Crippen LogP contribution < -0.4 is 10.6 Å². The van der Waals surface area contributed by atoms with Crippen LogP contribution in [0.2, 0.25) is 0 Å². The van der Waals surface area contributed by atoms with E-state index in [2.05, 4.69) is 34.9 Å². The molecule has 1 unspecified atom stereocenters. The van der Waals surface area contributed by atoms with Crippen LogP contribution in [0.5, 0.6) is 0 Å². The van der Waals surface area contributed by atoms with Crippen molar-refractivity contribution in [2.75, 3.05) is 25.0 Å². The topological polar surface area (TPSA) is 50.4 Å². The van der Waals surface area contributed by atoms with Gasteiger partial charge in [0.2, 0.25) is 5.91 Å². The van der Waals surface area contributed by atoms with Gasteiger partial charge in [-0.3, -0.25) is 4.79 Å². The van der Waals surface area contributed by atoms with Gasteiger partial charge in [-0.2, -0.15) is 0 Å². The molecule has 2 N–H and O–H groups in total. The van der Waals surface area contributed by atoms with Gasteiger partial charge < -0.3 is 15.4 Å². The van der Waals surface area contributed by atoms with Crippen LogP contribution in [-0.2, 0) is 22.6 Å². The van der Waals surface area contributed by atoms with Crippen LogP contribution in [0.1, 0.15) is 30.4 Å². The Morgan fingerprint density at radius 3 is 2.61 bits per heavy atom. The molecule has 2 aromatic rings. The molecule has 0 bridgehead atoms. The van der Waals surface area contributed by atoms with E-state index in [4.69, 9.17) is 4.74 Å². The molecule has 0 radical (unpaired) electrons. The van der Waals surface area contributed by atoms with Crippen LogP contribution in [0.4, 0.5) is 5.69 Å². The van der Waals surface area contributed by atoms with E-state index < -0.39 is 0 Å². The number of hydrogen-bond donors (Lipinski definition) is 2. The molecule has 2 aliphatic rings. The molecule has 1 heterocycles. The highest BCUT2D eigenvalue weighted by molar-refractivity contribution is 5.95. The second-order valence-corrected chi connectivity index (χ2v) is 7.85. The molecule has 1 saturated carbocycles. The molecule has 0 aromatic heterocycles. The Bertz CT molecular complexity index is 775.